The molecule has 0 aliphatic carbocycles. The number of hydrogen-bond donors (Lipinski definition) is 1. The maximum atomic E-state index is 14.2. The molecule has 0 spiro atoms. The second-order valence-electron chi connectivity index (χ2n) is 5.45. The van der Waals surface area contributed by atoms with Crippen LogP contribution in [0.15, 0.2) is 12.1 Å². The van der Waals surface area contributed by atoms with Crippen molar-refractivity contribution in [2.45, 2.75) is 33.2 Å². The zero-order valence-corrected chi connectivity index (χ0v) is 12.1. The third-order valence-electron chi connectivity index (χ3n) is 3.71. The molecule has 1 heterocycles. The molecule has 0 radical (unpaired) electrons. The lowest BCUT2D eigenvalue weighted by Gasteiger charge is -2.25. The minimum Gasteiger partial charge on any atom is -0.462 e. The van der Waals surface area contributed by atoms with Gasteiger partial charge in [0.2, 0.25) is 0 Å². The average Bonchev–Trinajstić information content (AvgIpc) is 2.68. The Labute approximate surface area is 118 Å². The van der Waals surface area contributed by atoms with Gasteiger partial charge in [-0.3, -0.25) is 0 Å². The Hall–Kier alpha value is -1.78. The van der Waals surface area contributed by atoms with Gasteiger partial charge in [-0.05, 0) is 38.3 Å². The van der Waals surface area contributed by atoms with Crippen molar-refractivity contribution in [3.05, 3.63) is 23.5 Å². The summed E-state index contributed by atoms with van der Waals surface area (Å²) < 4.78 is 19.1. The molecule has 1 fully saturated rings. The van der Waals surface area contributed by atoms with Gasteiger partial charge in [-0.15, -0.1) is 0 Å². The number of rotatable bonds is 3. The Morgan fingerprint density at radius 2 is 2.20 bits per heavy atom. The Balaban J connectivity index is 2.38. The van der Waals surface area contributed by atoms with E-state index in [-0.39, 0.29) is 23.9 Å². The summed E-state index contributed by atoms with van der Waals surface area (Å²) in [6.07, 6.45) is 1.01. The molecule has 0 bridgehead atoms. The molecule has 2 rings (SSSR count). The van der Waals surface area contributed by atoms with Crippen molar-refractivity contribution in [2.24, 2.45) is 5.92 Å². The van der Waals surface area contributed by atoms with Crippen molar-refractivity contribution in [2.75, 3.05) is 23.8 Å². The maximum Gasteiger partial charge on any atom is 0.340 e. The number of carbonyl (C=O) groups excluding carboxylic acids is 1. The highest BCUT2D eigenvalue weighted by Gasteiger charge is 2.29. The topological polar surface area (TPSA) is 55.6 Å². The molecule has 4 nitrogen and oxygen atoms in total. The molecule has 2 N–H and O–H groups in total. The van der Waals surface area contributed by atoms with Gasteiger partial charge in [0.05, 0.1) is 17.9 Å². The van der Waals surface area contributed by atoms with Crippen LogP contribution in [0.25, 0.3) is 0 Å². The van der Waals surface area contributed by atoms with E-state index in [1.807, 2.05) is 4.90 Å². The minimum absolute atomic E-state index is 0.115. The Bertz CT molecular complexity index is 519. The summed E-state index contributed by atoms with van der Waals surface area (Å²) in [5.74, 6) is -0.393. The van der Waals surface area contributed by atoms with Crippen LogP contribution in [0.3, 0.4) is 0 Å². The summed E-state index contributed by atoms with van der Waals surface area (Å²) in [7, 11) is 0. The second-order valence-corrected chi connectivity index (χ2v) is 5.45. The number of nitrogens with two attached hydrogens (primary N) is 1. The molecule has 1 aliphatic heterocycles. The molecule has 0 aromatic heterocycles. The van der Waals surface area contributed by atoms with Crippen LogP contribution in [0.2, 0.25) is 0 Å². The summed E-state index contributed by atoms with van der Waals surface area (Å²) in [5.41, 5.74) is 6.50. The highest BCUT2D eigenvalue weighted by molar-refractivity contribution is 5.96. The van der Waals surface area contributed by atoms with E-state index in [9.17, 15) is 9.18 Å². The van der Waals surface area contributed by atoms with Gasteiger partial charge in [-0.1, -0.05) is 6.92 Å². The van der Waals surface area contributed by atoms with Gasteiger partial charge in [0, 0.05) is 18.3 Å². The minimum atomic E-state index is -0.508. The number of halogens is 1. The van der Waals surface area contributed by atoms with Gasteiger partial charge in [0.15, 0.2) is 0 Å². The number of esters is 1. The molecule has 20 heavy (non-hydrogen) atoms. The molecule has 2 unspecified atom stereocenters. The van der Waals surface area contributed by atoms with E-state index in [1.54, 1.807) is 6.92 Å². The van der Waals surface area contributed by atoms with Crippen molar-refractivity contribution >= 4 is 17.3 Å². The number of carbonyl (C=O) groups is 1. The van der Waals surface area contributed by atoms with Crippen LogP contribution >= 0.6 is 0 Å². The van der Waals surface area contributed by atoms with Crippen LogP contribution in [-0.4, -0.2) is 25.2 Å². The van der Waals surface area contributed by atoms with Gasteiger partial charge in [-0.25, -0.2) is 9.18 Å². The normalized spacial score (nSPS) is 22.1. The molecule has 110 valence electrons. The number of nitrogen functional groups attached to an aromatic ring is 1. The van der Waals surface area contributed by atoms with Crippen molar-refractivity contribution in [1.29, 1.82) is 0 Å². The Morgan fingerprint density at radius 1 is 1.50 bits per heavy atom. The fraction of sp³-hybridized carbons (Fsp3) is 0.533. The molecule has 1 saturated heterocycles. The number of anilines is 2. The van der Waals surface area contributed by atoms with Gasteiger partial charge in [-0.2, -0.15) is 0 Å². The van der Waals surface area contributed by atoms with E-state index >= 15 is 0 Å². The van der Waals surface area contributed by atoms with Crippen LogP contribution in [-0.2, 0) is 4.74 Å². The lowest BCUT2D eigenvalue weighted by Crippen LogP contribution is -2.28. The predicted octanol–water partition coefficient (Wildman–Crippen LogP) is 2.82. The zero-order chi connectivity index (χ0) is 14.9. The number of ether oxygens (including phenoxy) is 1. The van der Waals surface area contributed by atoms with Crippen molar-refractivity contribution in [1.82, 2.24) is 0 Å². The highest BCUT2D eigenvalue weighted by atomic mass is 19.1. The first kappa shape index (κ1) is 14.6. The fourth-order valence-electron chi connectivity index (χ4n) is 2.82. The first-order valence-electron chi connectivity index (χ1n) is 6.96. The standard InChI is InChI=1S/C15H21FN2O2/c1-4-20-15(19)11-6-14(12(16)7-13(11)17)18-8-9(2)5-10(18)3/h6-7,9-10H,4-5,8,17H2,1-3H3. The first-order chi connectivity index (χ1) is 9.43. The third-order valence-corrected chi connectivity index (χ3v) is 3.71. The molecule has 1 aliphatic rings. The first-order valence-corrected chi connectivity index (χ1v) is 6.96. The molecule has 1 aromatic carbocycles. The van der Waals surface area contributed by atoms with Gasteiger partial charge < -0.3 is 15.4 Å². The third kappa shape index (κ3) is 2.71. The van der Waals surface area contributed by atoms with E-state index < -0.39 is 11.8 Å². The van der Waals surface area contributed by atoms with E-state index in [2.05, 4.69) is 13.8 Å². The van der Waals surface area contributed by atoms with E-state index in [4.69, 9.17) is 10.5 Å². The zero-order valence-electron chi connectivity index (χ0n) is 12.1. The van der Waals surface area contributed by atoms with Crippen LogP contribution < -0.4 is 10.6 Å². The molecule has 5 heteroatoms. The highest BCUT2D eigenvalue weighted by Crippen LogP contribution is 2.33. The molecule has 0 amide bonds. The van der Waals surface area contributed by atoms with Crippen molar-refractivity contribution < 1.29 is 13.9 Å². The van der Waals surface area contributed by atoms with Crippen LogP contribution in [0.1, 0.15) is 37.6 Å². The Kier molecular flexibility index (Phi) is 4.16. The molecule has 2 atom stereocenters. The number of benzene rings is 1. The maximum absolute atomic E-state index is 14.2. The number of nitrogens with zero attached hydrogens (tertiary/aromatic N) is 1. The van der Waals surface area contributed by atoms with E-state index in [0.717, 1.165) is 13.0 Å². The lowest BCUT2D eigenvalue weighted by molar-refractivity contribution is 0.0527. The molecule has 1 aromatic rings. The van der Waals surface area contributed by atoms with E-state index in [1.165, 1.54) is 12.1 Å². The smallest absolute Gasteiger partial charge is 0.340 e. The molecular weight excluding hydrogens is 259 g/mol. The second kappa shape index (κ2) is 5.69. The summed E-state index contributed by atoms with van der Waals surface area (Å²) in [6.45, 7) is 6.97. The predicted molar refractivity (Wildman–Crippen MR) is 77.4 cm³/mol. The lowest BCUT2D eigenvalue weighted by atomic mass is 10.1. The monoisotopic (exact) mass is 280 g/mol. The summed E-state index contributed by atoms with van der Waals surface area (Å²) in [6, 6.07) is 2.97. The largest absolute Gasteiger partial charge is 0.462 e. The van der Waals surface area contributed by atoms with Gasteiger partial charge >= 0.3 is 5.97 Å². The van der Waals surface area contributed by atoms with Gasteiger partial charge in [0.1, 0.15) is 5.82 Å². The molecule has 0 saturated carbocycles. The fourth-order valence-corrected chi connectivity index (χ4v) is 2.82. The van der Waals surface area contributed by atoms with Crippen molar-refractivity contribution in [3.8, 4) is 0 Å². The van der Waals surface area contributed by atoms with E-state index in [0.29, 0.717) is 11.6 Å². The average molecular weight is 280 g/mol. The summed E-state index contributed by atoms with van der Waals surface area (Å²) >= 11 is 0. The summed E-state index contributed by atoms with van der Waals surface area (Å²) in [5, 5.41) is 0. The van der Waals surface area contributed by atoms with Crippen molar-refractivity contribution in [3.63, 3.8) is 0 Å². The van der Waals surface area contributed by atoms with Gasteiger partial charge in [0.25, 0.3) is 0 Å². The SMILES string of the molecule is CCOC(=O)c1cc(N2CC(C)CC2C)c(F)cc1N. The van der Waals surface area contributed by atoms with Crippen LogP contribution in [0, 0.1) is 11.7 Å². The molecular formula is C15H21FN2O2. The number of hydrogen-bond acceptors (Lipinski definition) is 4. The Morgan fingerprint density at radius 3 is 2.75 bits per heavy atom. The van der Waals surface area contributed by atoms with Crippen LogP contribution in [0.5, 0.6) is 0 Å². The quantitative estimate of drug-likeness (QED) is 0.683. The van der Waals surface area contributed by atoms with Crippen LogP contribution in [0.4, 0.5) is 15.8 Å². The summed E-state index contributed by atoms with van der Waals surface area (Å²) in [4.78, 5) is 13.8.